The van der Waals surface area contributed by atoms with E-state index in [0.29, 0.717) is 0 Å². The Morgan fingerprint density at radius 3 is 2.62 bits per heavy atom. The molecule has 0 saturated heterocycles. The van der Waals surface area contributed by atoms with Gasteiger partial charge in [-0.2, -0.15) is 0 Å². The van der Waals surface area contributed by atoms with Gasteiger partial charge in [-0.3, -0.25) is 4.79 Å². The van der Waals surface area contributed by atoms with E-state index in [1.807, 2.05) is 12.1 Å². The Balaban J connectivity index is 2.27. The number of amides is 1. The quantitative estimate of drug-likeness (QED) is 0.762. The molecular formula is C14H19NO. The van der Waals surface area contributed by atoms with Crippen molar-refractivity contribution in [1.29, 1.82) is 0 Å². The summed E-state index contributed by atoms with van der Waals surface area (Å²) in [7, 11) is 3.60. The molecule has 0 aliphatic heterocycles. The van der Waals surface area contributed by atoms with Crippen LogP contribution in [0.5, 0.6) is 0 Å². The second-order valence-electron chi connectivity index (χ2n) is 4.94. The molecule has 2 nitrogen and oxygen atoms in total. The summed E-state index contributed by atoms with van der Waals surface area (Å²) in [4.78, 5) is 13.6. The van der Waals surface area contributed by atoms with Gasteiger partial charge in [0.2, 0.25) is 0 Å². The van der Waals surface area contributed by atoms with Gasteiger partial charge in [0.05, 0.1) is 0 Å². The van der Waals surface area contributed by atoms with Crippen LogP contribution in [0.15, 0.2) is 18.2 Å². The molecule has 0 atom stereocenters. The van der Waals surface area contributed by atoms with Gasteiger partial charge >= 0.3 is 0 Å². The van der Waals surface area contributed by atoms with E-state index in [2.05, 4.69) is 13.0 Å². The minimum absolute atomic E-state index is 0.107. The SMILES string of the molecule is Cc1c(CC2CC2)cccc1C(=O)N(C)C. The summed E-state index contributed by atoms with van der Waals surface area (Å²) in [6.45, 7) is 2.06. The number of hydrogen-bond acceptors (Lipinski definition) is 1. The molecule has 0 bridgehead atoms. The molecule has 2 heteroatoms. The molecule has 0 spiro atoms. The third-order valence-electron chi connectivity index (χ3n) is 3.29. The van der Waals surface area contributed by atoms with Crippen LogP contribution in [0.3, 0.4) is 0 Å². The lowest BCUT2D eigenvalue weighted by Gasteiger charge is -2.14. The van der Waals surface area contributed by atoms with E-state index >= 15 is 0 Å². The van der Waals surface area contributed by atoms with Crippen molar-refractivity contribution in [3.63, 3.8) is 0 Å². The van der Waals surface area contributed by atoms with E-state index in [0.717, 1.165) is 23.5 Å². The Morgan fingerprint density at radius 1 is 1.38 bits per heavy atom. The first-order chi connectivity index (χ1) is 7.59. The number of carbonyl (C=O) groups excluding carboxylic acids is 1. The second-order valence-corrected chi connectivity index (χ2v) is 4.94. The summed E-state index contributed by atoms with van der Waals surface area (Å²) in [6, 6.07) is 6.08. The normalized spacial score (nSPS) is 14.9. The molecule has 0 aromatic heterocycles. The summed E-state index contributed by atoms with van der Waals surface area (Å²) in [6.07, 6.45) is 3.84. The van der Waals surface area contributed by atoms with Crippen molar-refractivity contribution in [2.24, 2.45) is 5.92 Å². The third-order valence-corrected chi connectivity index (χ3v) is 3.29. The van der Waals surface area contributed by atoms with Gasteiger partial charge < -0.3 is 4.90 Å². The van der Waals surface area contributed by atoms with Gasteiger partial charge in [0.1, 0.15) is 0 Å². The monoisotopic (exact) mass is 217 g/mol. The van der Waals surface area contributed by atoms with E-state index in [4.69, 9.17) is 0 Å². The van der Waals surface area contributed by atoms with Crippen molar-refractivity contribution in [2.75, 3.05) is 14.1 Å². The molecule has 1 aliphatic rings. The van der Waals surface area contributed by atoms with E-state index in [1.54, 1.807) is 19.0 Å². The standard InChI is InChI=1S/C14H19NO/c1-10-12(9-11-7-8-11)5-4-6-13(10)14(16)15(2)3/h4-6,11H,7-9H2,1-3H3. The Kier molecular flexibility index (Phi) is 2.99. The smallest absolute Gasteiger partial charge is 0.253 e. The molecule has 1 fully saturated rings. The summed E-state index contributed by atoms with van der Waals surface area (Å²) in [5, 5.41) is 0. The van der Waals surface area contributed by atoms with Crippen molar-refractivity contribution >= 4 is 5.91 Å². The highest BCUT2D eigenvalue weighted by atomic mass is 16.2. The molecule has 2 rings (SSSR count). The van der Waals surface area contributed by atoms with Gasteiger partial charge in [0.25, 0.3) is 5.91 Å². The largest absolute Gasteiger partial charge is 0.345 e. The van der Waals surface area contributed by atoms with E-state index in [9.17, 15) is 4.79 Å². The summed E-state index contributed by atoms with van der Waals surface area (Å²) < 4.78 is 0. The first-order valence-electron chi connectivity index (χ1n) is 5.89. The summed E-state index contributed by atoms with van der Waals surface area (Å²) >= 11 is 0. The number of rotatable bonds is 3. The second kappa shape index (κ2) is 4.28. The molecule has 0 heterocycles. The van der Waals surface area contributed by atoms with Crippen molar-refractivity contribution in [2.45, 2.75) is 26.2 Å². The minimum Gasteiger partial charge on any atom is -0.345 e. The van der Waals surface area contributed by atoms with Crippen LogP contribution in [-0.2, 0) is 6.42 Å². The average molecular weight is 217 g/mol. The molecule has 1 amide bonds. The molecule has 1 aromatic rings. The van der Waals surface area contributed by atoms with Crippen LogP contribution in [0.1, 0.15) is 34.3 Å². The summed E-state index contributed by atoms with van der Waals surface area (Å²) in [5.41, 5.74) is 3.35. The Bertz CT molecular complexity index is 405. The lowest BCUT2D eigenvalue weighted by atomic mass is 9.97. The first-order valence-corrected chi connectivity index (χ1v) is 5.89. The van der Waals surface area contributed by atoms with Gasteiger partial charge in [-0.05, 0) is 49.3 Å². The van der Waals surface area contributed by atoms with Crippen molar-refractivity contribution in [3.8, 4) is 0 Å². The Hall–Kier alpha value is -1.31. The maximum absolute atomic E-state index is 11.9. The third kappa shape index (κ3) is 2.26. The highest BCUT2D eigenvalue weighted by molar-refractivity contribution is 5.95. The number of carbonyl (C=O) groups is 1. The fourth-order valence-corrected chi connectivity index (χ4v) is 2.01. The molecule has 0 unspecified atom stereocenters. The van der Waals surface area contributed by atoms with Crippen LogP contribution in [0.25, 0.3) is 0 Å². The molecule has 1 aliphatic carbocycles. The van der Waals surface area contributed by atoms with Crippen molar-refractivity contribution in [1.82, 2.24) is 4.90 Å². The van der Waals surface area contributed by atoms with Crippen LogP contribution >= 0.6 is 0 Å². The zero-order valence-corrected chi connectivity index (χ0v) is 10.3. The maximum Gasteiger partial charge on any atom is 0.253 e. The van der Waals surface area contributed by atoms with E-state index < -0.39 is 0 Å². The van der Waals surface area contributed by atoms with Gasteiger partial charge in [-0.1, -0.05) is 12.1 Å². The van der Waals surface area contributed by atoms with Gasteiger partial charge in [0, 0.05) is 19.7 Å². The predicted octanol–water partition coefficient (Wildman–Crippen LogP) is 2.65. The molecule has 16 heavy (non-hydrogen) atoms. The average Bonchev–Trinajstić information content (AvgIpc) is 3.04. The topological polar surface area (TPSA) is 20.3 Å². The van der Waals surface area contributed by atoms with Gasteiger partial charge in [-0.25, -0.2) is 0 Å². The fourth-order valence-electron chi connectivity index (χ4n) is 2.01. The minimum atomic E-state index is 0.107. The molecule has 1 saturated carbocycles. The summed E-state index contributed by atoms with van der Waals surface area (Å²) in [5.74, 6) is 0.971. The zero-order chi connectivity index (χ0) is 11.7. The molecule has 1 aromatic carbocycles. The molecule has 86 valence electrons. The molecule has 0 N–H and O–H groups in total. The highest BCUT2D eigenvalue weighted by Crippen LogP contribution is 2.33. The van der Waals surface area contributed by atoms with Gasteiger partial charge in [0.15, 0.2) is 0 Å². The highest BCUT2D eigenvalue weighted by Gasteiger charge is 2.23. The Morgan fingerprint density at radius 2 is 2.06 bits per heavy atom. The lowest BCUT2D eigenvalue weighted by Crippen LogP contribution is -2.22. The van der Waals surface area contributed by atoms with E-state index in [-0.39, 0.29) is 5.91 Å². The van der Waals surface area contributed by atoms with Crippen LogP contribution < -0.4 is 0 Å². The first kappa shape index (κ1) is 11.2. The van der Waals surface area contributed by atoms with Crippen LogP contribution in [-0.4, -0.2) is 24.9 Å². The maximum atomic E-state index is 11.9. The Labute approximate surface area is 97.3 Å². The van der Waals surface area contributed by atoms with Crippen LogP contribution in [0.2, 0.25) is 0 Å². The molecular weight excluding hydrogens is 198 g/mol. The van der Waals surface area contributed by atoms with Crippen molar-refractivity contribution < 1.29 is 4.79 Å². The number of benzene rings is 1. The van der Waals surface area contributed by atoms with Gasteiger partial charge in [-0.15, -0.1) is 0 Å². The predicted molar refractivity (Wildman–Crippen MR) is 65.6 cm³/mol. The fraction of sp³-hybridized carbons (Fsp3) is 0.500. The van der Waals surface area contributed by atoms with E-state index in [1.165, 1.54) is 18.4 Å². The zero-order valence-electron chi connectivity index (χ0n) is 10.3. The van der Waals surface area contributed by atoms with Crippen LogP contribution in [0.4, 0.5) is 0 Å². The number of nitrogens with zero attached hydrogens (tertiary/aromatic N) is 1. The molecule has 0 radical (unpaired) electrons. The lowest BCUT2D eigenvalue weighted by molar-refractivity contribution is 0.0827. The number of hydrogen-bond donors (Lipinski definition) is 0. The van der Waals surface area contributed by atoms with Crippen molar-refractivity contribution in [3.05, 3.63) is 34.9 Å². The van der Waals surface area contributed by atoms with Crippen LogP contribution in [0, 0.1) is 12.8 Å².